The molecule has 1 N–H and O–H groups in total. The van der Waals surface area contributed by atoms with Crippen molar-refractivity contribution in [1.29, 1.82) is 0 Å². The molecule has 0 spiro atoms. The summed E-state index contributed by atoms with van der Waals surface area (Å²) in [5, 5.41) is 4.26. The molecule has 1 aromatic rings. The van der Waals surface area contributed by atoms with Crippen molar-refractivity contribution < 1.29 is 4.39 Å². The van der Waals surface area contributed by atoms with E-state index in [2.05, 4.69) is 26.1 Å². The fraction of sp³-hybridized carbons (Fsp3) is 0.625. The Morgan fingerprint density at radius 1 is 1.32 bits per heavy atom. The second-order valence-electron chi connectivity index (χ2n) is 5.06. The summed E-state index contributed by atoms with van der Waals surface area (Å²) >= 11 is 1.99. The van der Waals surface area contributed by atoms with E-state index in [9.17, 15) is 4.39 Å². The second kappa shape index (κ2) is 8.60. The lowest BCUT2D eigenvalue weighted by Gasteiger charge is -2.22. The van der Waals surface area contributed by atoms with Crippen LogP contribution in [-0.2, 0) is 0 Å². The molecule has 2 atom stereocenters. The van der Waals surface area contributed by atoms with Crippen LogP contribution < -0.4 is 5.32 Å². The first-order valence-corrected chi connectivity index (χ1v) is 8.24. The number of aryl methyl sites for hydroxylation is 1. The maximum Gasteiger partial charge on any atom is 0.123 e. The van der Waals surface area contributed by atoms with Gasteiger partial charge in [0.1, 0.15) is 5.82 Å². The van der Waals surface area contributed by atoms with Gasteiger partial charge >= 0.3 is 0 Å². The third-order valence-corrected chi connectivity index (χ3v) is 4.80. The number of thioether (sulfide) groups is 1. The van der Waals surface area contributed by atoms with Gasteiger partial charge in [0, 0.05) is 17.0 Å². The van der Waals surface area contributed by atoms with Crippen LogP contribution in [0.15, 0.2) is 18.2 Å². The predicted octanol–water partition coefficient (Wildman–Crippen LogP) is 4.71. The Kier molecular flexibility index (Phi) is 7.47. The summed E-state index contributed by atoms with van der Waals surface area (Å²) in [7, 11) is 0. The second-order valence-corrected chi connectivity index (χ2v) is 6.53. The van der Waals surface area contributed by atoms with E-state index in [1.165, 1.54) is 12.0 Å². The molecule has 1 rings (SSSR count). The number of halogens is 1. The lowest BCUT2D eigenvalue weighted by Crippen LogP contribution is -2.25. The average Bonchev–Trinajstić information content (AvgIpc) is 2.39. The largest absolute Gasteiger partial charge is 0.309 e. The minimum absolute atomic E-state index is 0.148. The molecular formula is C16H26FNS. The van der Waals surface area contributed by atoms with Crippen LogP contribution in [0.2, 0.25) is 0 Å². The Morgan fingerprint density at radius 2 is 2.05 bits per heavy atom. The Bertz CT molecular complexity index is 381. The van der Waals surface area contributed by atoms with Crippen LogP contribution in [0.25, 0.3) is 0 Å². The van der Waals surface area contributed by atoms with E-state index in [0.717, 1.165) is 24.3 Å². The molecule has 0 aromatic heterocycles. The fourth-order valence-corrected chi connectivity index (χ4v) is 3.04. The van der Waals surface area contributed by atoms with E-state index in [1.807, 2.05) is 24.8 Å². The number of rotatable bonds is 8. The van der Waals surface area contributed by atoms with E-state index in [0.29, 0.717) is 11.3 Å². The number of nitrogens with one attached hydrogen (secondary N) is 1. The van der Waals surface area contributed by atoms with Crippen LogP contribution in [0.4, 0.5) is 4.39 Å². The van der Waals surface area contributed by atoms with Gasteiger partial charge in [-0.3, -0.25) is 0 Å². The molecule has 0 aliphatic carbocycles. The Balaban J connectivity index is 2.76. The van der Waals surface area contributed by atoms with Crippen molar-refractivity contribution in [3.05, 3.63) is 35.1 Å². The van der Waals surface area contributed by atoms with Gasteiger partial charge in [-0.15, -0.1) is 0 Å². The average molecular weight is 283 g/mol. The Morgan fingerprint density at radius 3 is 2.63 bits per heavy atom. The summed E-state index contributed by atoms with van der Waals surface area (Å²) in [5.41, 5.74) is 2.27. The van der Waals surface area contributed by atoms with E-state index < -0.39 is 0 Å². The van der Waals surface area contributed by atoms with Crippen LogP contribution in [0.1, 0.15) is 50.8 Å². The third-order valence-electron chi connectivity index (χ3n) is 3.37. The van der Waals surface area contributed by atoms with Crippen LogP contribution in [0, 0.1) is 12.7 Å². The molecule has 0 aliphatic heterocycles. The van der Waals surface area contributed by atoms with E-state index in [1.54, 1.807) is 12.1 Å². The van der Waals surface area contributed by atoms with Crippen LogP contribution in [0.5, 0.6) is 0 Å². The smallest absolute Gasteiger partial charge is 0.123 e. The van der Waals surface area contributed by atoms with Crippen molar-refractivity contribution in [3.63, 3.8) is 0 Å². The van der Waals surface area contributed by atoms with Crippen molar-refractivity contribution in [2.24, 2.45) is 0 Å². The van der Waals surface area contributed by atoms with Gasteiger partial charge in [-0.1, -0.05) is 26.8 Å². The molecule has 0 fully saturated rings. The highest BCUT2D eigenvalue weighted by Crippen LogP contribution is 2.25. The molecule has 1 nitrogen and oxygen atoms in total. The quantitative estimate of drug-likeness (QED) is 0.741. The van der Waals surface area contributed by atoms with Gasteiger partial charge < -0.3 is 5.32 Å². The molecule has 0 heterocycles. The standard InChI is InChI=1S/C16H26FNS/c1-5-9-18-16(11-19-13(4)6-2)15-8-7-14(17)10-12(15)3/h7-8,10,13,16,18H,5-6,9,11H2,1-4H3. The van der Waals surface area contributed by atoms with Gasteiger partial charge in [-0.25, -0.2) is 4.39 Å². The Labute approximate surface area is 121 Å². The van der Waals surface area contributed by atoms with Gasteiger partial charge in [0.2, 0.25) is 0 Å². The first-order valence-electron chi connectivity index (χ1n) is 7.19. The SMILES string of the molecule is CCCNC(CSC(C)CC)c1ccc(F)cc1C. The van der Waals surface area contributed by atoms with Gasteiger partial charge in [0.15, 0.2) is 0 Å². The van der Waals surface area contributed by atoms with E-state index in [4.69, 9.17) is 0 Å². The molecule has 3 heteroatoms. The highest BCUT2D eigenvalue weighted by Gasteiger charge is 2.15. The summed E-state index contributed by atoms with van der Waals surface area (Å²) in [6, 6.07) is 5.44. The van der Waals surface area contributed by atoms with Gasteiger partial charge in [-0.2, -0.15) is 11.8 Å². The van der Waals surface area contributed by atoms with Gasteiger partial charge in [0.05, 0.1) is 0 Å². The van der Waals surface area contributed by atoms with Gasteiger partial charge in [0.25, 0.3) is 0 Å². The lowest BCUT2D eigenvalue weighted by atomic mass is 10.0. The molecule has 0 saturated carbocycles. The summed E-state index contributed by atoms with van der Waals surface area (Å²) < 4.78 is 13.2. The molecular weight excluding hydrogens is 257 g/mol. The molecule has 0 saturated heterocycles. The fourth-order valence-electron chi connectivity index (χ4n) is 1.99. The minimum Gasteiger partial charge on any atom is -0.309 e. The van der Waals surface area contributed by atoms with E-state index in [-0.39, 0.29) is 5.82 Å². The first-order chi connectivity index (χ1) is 9.08. The molecule has 0 bridgehead atoms. The van der Waals surface area contributed by atoms with Crippen LogP contribution in [-0.4, -0.2) is 17.5 Å². The molecule has 2 unspecified atom stereocenters. The van der Waals surface area contributed by atoms with Crippen molar-refractivity contribution in [1.82, 2.24) is 5.32 Å². The normalized spacial score (nSPS) is 14.4. The van der Waals surface area contributed by atoms with Crippen molar-refractivity contribution in [2.45, 2.75) is 51.8 Å². The summed E-state index contributed by atoms with van der Waals surface area (Å²) in [5.74, 6) is 0.895. The lowest BCUT2D eigenvalue weighted by molar-refractivity contribution is 0.570. The molecule has 0 aliphatic rings. The highest BCUT2D eigenvalue weighted by molar-refractivity contribution is 7.99. The maximum absolute atomic E-state index is 13.2. The summed E-state index contributed by atoms with van der Waals surface area (Å²) in [6.07, 6.45) is 2.30. The number of benzene rings is 1. The van der Waals surface area contributed by atoms with Crippen molar-refractivity contribution in [3.8, 4) is 0 Å². The molecule has 0 radical (unpaired) electrons. The van der Waals surface area contributed by atoms with E-state index >= 15 is 0 Å². The predicted molar refractivity (Wildman–Crippen MR) is 84.4 cm³/mol. The van der Waals surface area contributed by atoms with Crippen molar-refractivity contribution >= 4 is 11.8 Å². The summed E-state index contributed by atoms with van der Waals surface area (Å²) in [4.78, 5) is 0. The molecule has 108 valence electrons. The monoisotopic (exact) mass is 283 g/mol. The van der Waals surface area contributed by atoms with Gasteiger partial charge in [-0.05, 0) is 49.6 Å². The van der Waals surface area contributed by atoms with Crippen LogP contribution >= 0.6 is 11.8 Å². The maximum atomic E-state index is 13.2. The zero-order valence-corrected chi connectivity index (χ0v) is 13.3. The Hall–Kier alpha value is -0.540. The first kappa shape index (κ1) is 16.5. The minimum atomic E-state index is -0.148. The zero-order chi connectivity index (χ0) is 14.3. The topological polar surface area (TPSA) is 12.0 Å². The number of hydrogen-bond acceptors (Lipinski definition) is 2. The molecule has 19 heavy (non-hydrogen) atoms. The third kappa shape index (κ3) is 5.53. The highest BCUT2D eigenvalue weighted by atomic mass is 32.2. The zero-order valence-electron chi connectivity index (χ0n) is 12.5. The summed E-state index contributed by atoms with van der Waals surface area (Å²) in [6.45, 7) is 9.65. The van der Waals surface area contributed by atoms with Crippen molar-refractivity contribution in [2.75, 3.05) is 12.3 Å². The molecule has 1 aromatic carbocycles. The molecule has 0 amide bonds. The number of hydrogen-bond donors (Lipinski definition) is 1. The van der Waals surface area contributed by atoms with Crippen LogP contribution in [0.3, 0.4) is 0 Å².